The fraction of sp³-hybridized carbons (Fsp3) is 0.350. The third kappa shape index (κ3) is 5.50. The number of hydrogen-bond donors (Lipinski definition) is 3. The molecule has 4 N–H and O–H groups in total. The van der Waals surface area contributed by atoms with Gasteiger partial charge < -0.3 is 26.0 Å². The van der Waals surface area contributed by atoms with Crippen LogP contribution in [-0.2, 0) is 4.79 Å². The van der Waals surface area contributed by atoms with E-state index in [-0.39, 0.29) is 42.3 Å². The molecule has 0 unspecified atom stereocenters. The van der Waals surface area contributed by atoms with Crippen LogP contribution in [0.5, 0.6) is 5.75 Å². The molecule has 11 nitrogen and oxygen atoms in total. The van der Waals surface area contributed by atoms with Crippen molar-refractivity contribution >= 4 is 29.3 Å². The molecule has 2 aromatic heterocycles. The van der Waals surface area contributed by atoms with Crippen molar-refractivity contribution in [3.8, 4) is 11.7 Å². The molecule has 1 saturated heterocycles. The number of alkyl halides is 3. The van der Waals surface area contributed by atoms with E-state index in [9.17, 15) is 22.4 Å². The number of nitrogens with zero attached hydrogens (tertiary/aromatic N) is 6. The number of ether oxygens (including phenoxy) is 1. The van der Waals surface area contributed by atoms with Crippen LogP contribution >= 0.6 is 0 Å². The largest absolute Gasteiger partial charge is 0.497 e. The summed E-state index contributed by atoms with van der Waals surface area (Å²) in [5, 5.41) is 8.98. The number of nitrogen functional groups attached to an aromatic ring is 1. The number of nitrogens with two attached hydrogens (primary N) is 1. The lowest BCUT2D eigenvalue weighted by Gasteiger charge is -2.25. The van der Waals surface area contributed by atoms with Gasteiger partial charge in [0.1, 0.15) is 18.3 Å². The summed E-state index contributed by atoms with van der Waals surface area (Å²) in [6, 6.07) is 5.92. The van der Waals surface area contributed by atoms with Crippen LogP contribution in [0, 0.1) is 5.82 Å². The summed E-state index contributed by atoms with van der Waals surface area (Å²) in [7, 11) is 1.54. The maximum Gasteiger partial charge on any atom is 0.405 e. The molecule has 15 heteroatoms. The number of nitrogens with one attached hydrogen (secondary N) is 2. The molecular formula is C20H29F4N9O2. The second-order valence-electron chi connectivity index (χ2n) is 7.58. The van der Waals surface area contributed by atoms with Gasteiger partial charge in [-0.1, -0.05) is 0 Å². The second kappa shape index (κ2) is 9.60. The maximum atomic E-state index is 14.6. The molecule has 1 aliphatic rings. The Hall–Kier alpha value is -4.17. The monoisotopic (exact) mass is 503 g/mol. The second-order valence-corrected chi connectivity index (χ2v) is 7.58. The first-order chi connectivity index (χ1) is 16.6. The summed E-state index contributed by atoms with van der Waals surface area (Å²) in [6.45, 7) is -1.26. The van der Waals surface area contributed by atoms with E-state index in [2.05, 4.69) is 25.4 Å². The number of hydrogen-bond acceptors (Lipinski definition) is 9. The summed E-state index contributed by atoms with van der Waals surface area (Å²) >= 11 is 0. The molecule has 3 aromatic rings. The average molecular weight is 504 g/mol. The first-order valence-corrected chi connectivity index (χ1v) is 10.4. The Bertz CT molecular complexity index is 1220. The van der Waals surface area contributed by atoms with E-state index in [0.29, 0.717) is 17.9 Å². The zero-order valence-corrected chi connectivity index (χ0v) is 18.4. The molecule has 1 amide bonds. The highest BCUT2D eigenvalue weighted by molar-refractivity contribution is 5.85. The minimum atomic E-state index is -4.56. The van der Waals surface area contributed by atoms with Gasteiger partial charge in [-0.3, -0.25) is 4.79 Å². The van der Waals surface area contributed by atoms with Crippen molar-refractivity contribution in [1.29, 1.82) is 0 Å². The minimum absolute atomic E-state index is 0. The average Bonchev–Trinajstić information content (AvgIpc) is 3.45. The number of anilines is 4. The molecule has 1 aromatic carbocycles. The van der Waals surface area contributed by atoms with Crippen LogP contribution in [0.3, 0.4) is 0 Å². The molecule has 194 valence electrons. The Morgan fingerprint density at radius 2 is 2.03 bits per heavy atom. The molecule has 0 saturated carbocycles. The van der Waals surface area contributed by atoms with Gasteiger partial charge in [-0.15, -0.1) is 5.10 Å². The van der Waals surface area contributed by atoms with Gasteiger partial charge in [0.2, 0.25) is 17.8 Å². The lowest BCUT2D eigenvalue weighted by Crippen LogP contribution is -2.46. The normalized spacial score (nSPS) is 15.8. The van der Waals surface area contributed by atoms with Crippen molar-refractivity contribution in [1.82, 2.24) is 30.0 Å². The molecule has 4 rings (SSSR count). The highest BCUT2D eigenvalue weighted by Crippen LogP contribution is 2.28. The zero-order valence-electron chi connectivity index (χ0n) is 18.4. The number of methoxy groups -OCH3 is 1. The van der Waals surface area contributed by atoms with Gasteiger partial charge in [-0.05, 0) is 37.1 Å². The van der Waals surface area contributed by atoms with Crippen LogP contribution in [0.4, 0.5) is 41.0 Å². The smallest absolute Gasteiger partial charge is 0.405 e. The molecule has 1 fully saturated rings. The fourth-order valence-corrected chi connectivity index (χ4v) is 3.58. The predicted octanol–water partition coefficient (Wildman–Crippen LogP) is 3.16. The molecule has 0 spiro atoms. The van der Waals surface area contributed by atoms with Gasteiger partial charge in [0, 0.05) is 17.9 Å². The van der Waals surface area contributed by atoms with Gasteiger partial charge in [-0.2, -0.15) is 27.8 Å². The van der Waals surface area contributed by atoms with Crippen LogP contribution < -0.4 is 26.0 Å². The summed E-state index contributed by atoms with van der Waals surface area (Å²) < 4.78 is 58.3. The Balaban J connectivity index is 0.00000361. The van der Waals surface area contributed by atoms with Gasteiger partial charge in [0.15, 0.2) is 11.6 Å². The maximum absolute atomic E-state index is 14.6. The molecule has 3 heterocycles. The molecule has 35 heavy (non-hydrogen) atoms. The third-order valence-electron chi connectivity index (χ3n) is 5.17. The molecular weight excluding hydrogens is 474 g/mol. The number of carbonyl (C=O) groups is 1. The quantitative estimate of drug-likeness (QED) is 0.415. The Labute approximate surface area is 202 Å². The van der Waals surface area contributed by atoms with Crippen molar-refractivity contribution in [3.05, 3.63) is 36.3 Å². The zero-order chi connectivity index (χ0) is 25.2. The predicted molar refractivity (Wildman–Crippen MR) is 125 cm³/mol. The Kier molecular flexibility index (Phi) is 6.57. The molecule has 1 aliphatic heterocycles. The van der Waals surface area contributed by atoms with E-state index >= 15 is 0 Å². The van der Waals surface area contributed by atoms with Gasteiger partial charge in [-0.25, -0.2) is 9.37 Å². The van der Waals surface area contributed by atoms with Gasteiger partial charge >= 0.3 is 6.18 Å². The molecule has 0 bridgehead atoms. The number of carbonyl (C=O) groups excluding carboxylic acids is 1. The highest BCUT2D eigenvalue weighted by Gasteiger charge is 2.36. The van der Waals surface area contributed by atoms with Crippen molar-refractivity contribution in [2.24, 2.45) is 0 Å². The number of halogens is 4. The molecule has 1 atom stereocenters. The van der Waals surface area contributed by atoms with Crippen LogP contribution in [-0.4, -0.2) is 63.1 Å². The van der Waals surface area contributed by atoms with Crippen LogP contribution in [0.15, 0.2) is 30.5 Å². The van der Waals surface area contributed by atoms with Gasteiger partial charge in [0.25, 0.3) is 5.95 Å². The summed E-state index contributed by atoms with van der Waals surface area (Å²) in [4.78, 5) is 25.8. The van der Waals surface area contributed by atoms with Crippen LogP contribution in [0.25, 0.3) is 5.95 Å². The van der Waals surface area contributed by atoms with E-state index in [1.54, 1.807) is 31.4 Å². The van der Waals surface area contributed by atoms with E-state index < -0.39 is 30.5 Å². The van der Waals surface area contributed by atoms with E-state index in [1.807, 2.05) is 5.32 Å². The third-order valence-corrected chi connectivity index (χ3v) is 5.17. The number of rotatable bonds is 7. The molecule has 0 radical (unpaired) electrons. The van der Waals surface area contributed by atoms with Crippen molar-refractivity contribution in [2.75, 3.05) is 36.1 Å². The van der Waals surface area contributed by atoms with E-state index in [4.69, 9.17) is 10.5 Å². The van der Waals surface area contributed by atoms with Crippen LogP contribution in [0.1, 0.15) is 18.5 Å². The topological polar surface area (TPSA) is 136 Å². The van der Waals surface area contributed by atoms with E-state index in [1.165, 1.54) is 4.90 Å². The van der Waals surface area contributed by atoms with Gasteiger partial charge in [0.05, 0.1) is 13.3 Å². The summed E-state index contributed by atoms with van der Waals surface area (Å²) in [5.74, 6) is -1.42. The summed E-state index contributed by atoms with van der Waals surface area (Å²) in [5.41, 5.74) is 6.59. The first-order valence-electron chi connectivity index (χ1n) is 10.4. The first kappa shape index (κ1) is 24.0. The number of amides is 1. The van der Waals surface area contributed by atoms with Crippen molar-refractivity contribution in [3.63, 3.8) is 0 Å². The van der Waals surface area contributed by atoms with Crippen molar-refractivity contribution in [2.45, 2.75) is 25.1 Å². The highest BCUT2D eigenvalue weighted by atomic mass is 19.4. The Morgan fingerprint density at radius 3 is 2.71 bits per heavy atom. The fourth-order valence-electron chi connectivity index (χ4n) is 3.58. The van der Waals surface area contributed by atoms with Crippen LogP contribution in [0.2, 0.25) is 0 Å². The summed E-state index contributed by atoms with van der Waals surface area (Å²) in [6.07, 6.45) is -2.99. The number of benzene rings is 1. The lowest BCUT2D eigenvalue weighted by molar-refractivity contribution is -0.139. The lowest BCUT2D eigenvalue weighted by atomic mass is 10.2. The van der Waals surface area contributed by atoms with E-state index in [0.717, 1.165) is 10.9 Å². The van der Waals surface area contributed by atoms with Crippen molar-refractivity contribution < 1.29 is 32.8 Å². The Morgan fingerprint density at radius 1 is 1.29 bits per heavy atom. The number of aromatic nitrogens is 5. The minimum Gasteiger partial charge on any atom is -0.497 e. The molecule has 0 aliphatic carbocycles. The standard InChI is InChI=1S/C20H21F4N9O2.4H2/c1-35-12-6-4-11(5-7-12)28-18-30-17(25)33(31-18)19-26-9-13(21)15(29-19)32-8-2-3-14(32)16(34)27-10-20(22,23)24;;;;/h4-7,9,14H,2-3,8,10H2,1H3,(H,27,34)(H3,25,28,30,31);4*1H/t14-;;;;/m1..../s1. The SMILES string of the molecule is COc1ccc(Nc2nc(N)n(-c3ncc(F)c(N4CCC[C@@H]4C(=O)NCC(F)(F)F)n3)n2)cc1.[HH].[HH].[HH].[HH].